The van der Waals surface area contributed by atoms with Crippen molar-refractivity contribution in [3.05, 3.63) is 58.5 Å². The van der Waals surface area contributed by atoms with Crippen LogP contribution in [0.1, 0.15) is 21.9 Å². The molecule has 1 aromatic carbocycles. The lowest BCUT2D eigenvalue weighted by Gasteiger charge is -2.03. The molecule has 0 amide bonds. The molecule has 1 aromatic heterocycles. The summed E-state index contributed by atoms with van der Waals surface area (Å²) in [5.41, 5.74) is 0.847. The lowest BCUT2D eigenvalue weighted by Crippen LogP contribution is -1.99. The monoisotopic (exact) mass is 282 g/mol. The van der Waals surface area contributed by atoms with Gasteiger partial charge in [-0.2, -0.15) is 0 Å². The van der Waals surface area contributed by atoms with Gasteiger partial charge in [0.25, 0.3) is 0 Å². The maximum atomic E-state index is 11.9. The lowest BCUT2D eigenvalue weighted by molar-refractivity contribution is 0.109. The third kappa shape index (κ3) is 3.31. The zero-order valence-corrected chi connectivity index (χ0v) is 11.0. The van der Waals surface area contributed by atoms with E-state index >= 15 is 0 Å². The Hall–Kier alpha value is -1.39. The fraction of sp³-hybridized carbons (Fsp3) is 0.154. The molecular formula is C13H11ClO3S. The molecule has 0 fully saturated rings. The number of hydrogen-bond donors (Lipinski definition) is 0. The Labute approximate surface area is 112 Å². The summed E-state index contributed by atoms with van der Waals surface area (Å²) in [7, 11) is -1.12. The average Bonchev–Trinajstić information content (AvgIpc) is 2.80. The molecule has 2 rings (SSSR count). The molecule has 0 aliphatic carbocycles. The number of rotatable bonds is 5. The molecule has 2 aromatic rings. The van der Waals surface area contributed by atoms with Gasteiger partial charge in [-0.15, -0.1) is 0 Å². The maximum Gasteiger partial charge on any atom is 0.185 e. The zero-order valence-electron chi connectivity index (χ0n) is 9.47. The molecule has 1 unspecified atom stereocenters. The van der Waals surface area contributed by atoms with Gasteiger partial charge in [-0.25, -0.2) is 0 Å². The van der Waals surface area contributed by atoms with E-state index in [0.717, 1.165) is 5.56 Å². The molecule has 3 nitrogen and oxygen atoms in total. The van der Waals surface area contributed by atoms with E-state index in [1.54, 1.807) is 18.2 Å². The first-order valence-corrected chi connectivity index (χ1v) is 7.18. The minimum Gasteiger partial charge on any atom is -0.457 e. The van der Waals surface area contributed by atoms with Crippen LogP contribution in [0.2, 0.25) is 5.02 Å². The van der Waals surface area contributed by atoms with Crippen LogP contribution in [0.15, 0.2) is 40.8 Å². The Bertz CT molecular complexity index is 577. The number of carbonyl (C=O) groups is 1. The van der Waals surface area contributed by atoms with Crippen molar-refractivity contribution < 1.29 is 13.4 Å². The zero-order chi connectivity index (χ0) is 13.0. The summed E-state index contributed by atoms with van der Waals surface area (Å²) in [4.78, 5) is 10.5. The van der Waals surface area contributed by atoms with Crippen molar-refractivity contribution in [2.24, 2.45) is 0 Å². The highest BCUT2D eigenvalue weighted by molar-refractivity contribution is 7.83. The van der Waals surface area contributed by atoms with Crippen molar-refractivity contribution >= 4 is 28.7 Å². The van der Waals surface area contributed by atoms with Gasteiger partial charge in [0.15, 0.2) is 12.0 Å². The van der Waals surface area contributed by atoms with Gasteiger partial charge >= 0.3 is 0 Å². The van der Waals surface area contributed by atoms with Gasteiger partial charge in [-0.05, 0) is 23.8 Å². The lowest BCUT2D eigenvalue weighted by atomic mass is 10.2. The number of furan rings is 1. The van der Waals surface area contributed by atoms with E-state index in [0.29, 0.717) is 22.8 Å². The molecule has 1 heterocycles. The third-order valence-corrected chi connectivity index (χ3v) is 3.98. The van der Waals surface area contributed by atoms with E-state index in [2.05, 4.69) is 0 Å². The van der Waals surface area contributed by atoms with E-state index in [9.17, 15) is 9.00 Å². The van der Waals surface area contributed by atoms with Gasteiger partial charge in [0.05, 0.1) is 11.5 Å². The summed E-state index contributed by atoms with van der Waals surface area (Å²) in [5, 5.41) is 0.610. The van der Waals surface area contributed by atoms with Gasteiger partial charge in [0.1, 0.15) is 5.76 Å². The average molecular weight is 283 g/mol. The van der Waals surface area contributed by atoms with Crippen molar-refractivity contribution in [3.8, 4) is 0 Å². The first-order chi connectivity index (χ1) is 8.69. The van der Waals surface area contributed by atoms with Gasteiger partial charge in [-0.1, -0.05) is 29.8 Å². The molecule has 0 saturated heterocycles. The molecule has 0 spiro atoms. The normalized spacial score (nSPS) is 12.3. The SMILES string of the molecule is O=Cc1ccc(CS(=O)Cc2ccccc2Cl)o1. The van der Waals surface area contributed by atoms with Gasteiger partial charge in [0, 0.05) is 15.8 Å². The van der Waals surface area contributed by atoms with Crippen molar-refractivity contribution in [2.75, 3.05) is 0 Å². The van der Waals surface area contributed by atoms with Gasteiger partial charge < -0.3 is 4.42 Å². The van der Waals surface area contributed by atoms with Crippen LogP contribution in [0.5, 0.6) is 0 Å². The minimum atomic E-state index is -1.12. The summed E-state index contributed by atoms with van der Waals surface area (Å²) in [6.07, 6.45) is 0.625. The number of halogens is 1. The molecule has 0 N–H and O–H groups in total. The number of aldehydes is 1. The van der Waals surface area contributed by atoms with Crippen LogP contribution >= 0.6 is 11.6 Å². The Morgan fingerprint density at radius 2 is 1.94 bits per heavy atom. The smallest absolute Gasteiger partial charge is 0.185 e. The summed E-state index contributed by atoms with van der Waals surface area (Å²) < 4.78 is 17.1. The Morgan fingerprint density at radius 3 is 2.61 bits per heavy atom. The molecule has 0 aliphatic rings. The third-order valence-electron chi connectivity index (χ3n) is 2.38. The quantitative estimate of drug-likeness (QED) is 0.791. The Kier molecular flexibility index (Phi) is 4.33. The molecule has 5 heteroatoms. The molecule has 0 bridgehead atoms. The maximum absolute atomic E-state index is 11.9. The number of hydrogen-bond acceptors (Lipinski definition) is 3. The molecule has 94 valence electrons. The molecule has 0 radical (unpaired) electrons. The number of benzene rings is 1. The van der Waals surface area contributed by atoms with Crippen LogP contribution in [-0.2, 0) is 22.3 Å². The predicted octanol–water partition coefficient (Wildman–Crippen LogP) is 3.19. The Balaban J connectivity index is 2.01. The molecule has 0 aliphatic heterocycles. The topological polar surface area (TPSA) is 47.3 Å². The minimum absolute atomic E-state index is 0.250. The summed E-state index contributed by atoms with van der Waals surface area (Å²) in [6, 6.07) is 10.5. The fourth-order valence-corrected chi connectivity index (χ4v) is 2.99. The number of carbonyl (C=O) groups excluding carboxylic acids is 1. The van der Waals surface area contributed by atoms with E-state index in [-0.39, 0.29) is 11.5 Å². The second-order valence-electron chi connectivity index (χ2n) is 3.74. The summed E-state index contributed by atoms with van der Waals surface area (Å²) >= 11 is 5.99. The highest BCUT2D eigenvalue weighted by Crippen LogP contribution is 2.18. The predicted molar refractivity (Wildman–Crippen MR) is 71.1 cm³/mol. The van der Waals surface area contributed by atoms with E-state index in [1.165, 1.54) is 0 Å². The van der Waals surface area contributed by atoms with Crippen LogP contribution in [0.3, 0.4) is 0 Å². The molecule has 0 saturated carbocycles. The van der Waals surface area contributed by atoms with Crippen molar-refractivity contribution in [2.45, 2.75) is 11.5 Å². The van der Waals surface area contributed by atoms with Gasteiger partial charge in [0.2, 0.25) is 0 Å². The Morgan fingerprint density at radius 1 is 1.17 bits per heavy atom. The second-order valence-corrected chi connectivity index (χ2v) is 5.61. The second kappa shape index (κ2) is 5.98. The summed E-state index contributed by atoms with van der Waals surface area (Å²) in [6.45, 7) is 0. The summed E-state index contributed by atoms with van der Waals surface area (Å²) in [5.74, 6) is 1.44. The first kappa shape index (κ1) is 13.1. The first-order valence-electron chi connectivity index (χ1n) is 5.31. The highest BCUT2D eigenvalue weighted by Gasteiger charge is 2.09. The van der Waals surface area contributed by atoms with E-state index < -0.39 is 10.8 Å². The largest absolute Gasteiger partial charge is 0.457 e. The molecular weight excluding hydrogens is 272 g/mol. The van der Waals surface area contributed by atoms with Crippen molar-refractivity contribution in [1.29, 1.82) is 0 Å². The highest BCUT2D eigenvalue weighted by atomic mass is 35.5. The van der Waals surface area contributed by atoms with E-state index in [1.807, 2.05) is 18.2 Å². The van der Waals surface area contributed by atoms with Crippen molar-refractivity contribution in [1.82, 2.24) is 0 Å². The van der Waals surface area contributed by atoms with Crippen LogP contribution < -0.4 is 0 Å². The van der Waals surface area contributed by atoms with Crippen LogP contribution in [0.4, 0.5) is 0 Å². The van der Waals surface area contributed by atoms with Crippen molar-refractivity contribution in [3.63, 3.8) is 0 Å². The molecule has 1 atom stereocenters. The standard InChI is InChI=1S/C13H11ClO3S/c14-13-4-2-1-3-10(13)8-18(16)9-12-6-5-11(7-15)17-12/h1-7H,8-9H2. The van der Waals surface area contributed by atoms with Crippen LogP contribution in [0, 0.1) is 0 Å². The van der Waals surface area contributed by atoms with Crippen LogP contribution in [0.25, 0.3) is 0 Å². The molecule has 18 heavy (non-hydrogen) atoms. The van der Waals surface area contributed by atoms with Gasteiger partial charge in [-0.3, -0.25) is 9.00 Å². The van der Waals surface area contributed by atoms with E-state index in [4.69, 9.17) is 16.0 Å². The fourth-order valence-electron chi connectivity index (χ4n) is 1.53. The van der Waals surface area contributed by atoms with Crippen LogP contribution in [-0.4, -0.2) is 10.5 Å².